The van der Waals surface area contributed by atoms with Gasteiger partial charge in [0.2, 0.25) is 11.8 Å². The molecule has 0 aliphatic carbocycles. The molecule has 0 aromatic carbocycles. The van der Waals surface area contributed by atoms with Crippen molar-refractivity contribution in [1.82, 2.24) is 21.3 Å². The molecule has 0 rings (SSSR count). The molecule has 0 unspecified atom stereocenters. The first kappa shape index (κ1) is 16.2. The summed E-state index contributed by atoms with van der Waals surface area (Å²) >= 11 is 0. The number of amides is 4. The van der Waals surface area contributed by atoms with Crippen LogP contribution in [0.2, 0.25) is 0 Å². The van der Waals surface area contributed by atoms with E-state index in [0.29, 0.717) is 26.2 Å². The third kappa shape index (κ3) is 9.44. The fraction of sp³-hybridized carbons (Fsp3) is 0.727. The number of carbonyl (C=O) groups excluding carboxylic acids is 3. The summed E-state index contributed by atoms with van der Waals surface area (Å²) in [5.41, 5.74) is 0. The van der Waals surface area contributed by atoms with E-state index in [9.17, 15) is 14.4 Å². The van der Waals surface area contributed by atoms with E-state index >= 15 is 0 Å². The highest BCUT2D eigenvalue weighted by Crippen LogP contribution is 1.88. The summed E-state index contributed by atoms with van der Waals surface area (Å²) in [6, 6.07) is -0.320. The maximum Gasteiger partial charge on any atom is 0.314 e. The van der Waals surface area contributed by atoms with Crippen LogP contribution >= 0.6 is 0 Å². The molecule has 4 amide bonds. The van der Waals surface area contributed by atoms with Crippen molar-refractivity contribution in [1.29, 1.82) is 0 Å². The molecular weight excluding hydrogens is 236 g/mol. The summed E-state index contributed by atoms with van der Waals surface area (Å²) in [4.78, 5) is 32.9. The van der Waals surface area contributed by atoms with Gasteiger partial charge >= 0.3 is 6.03 Å². The van der Waals surface area contributed by atoms with Crippen molar-refractivity contribution in [2.75, 3.05) is 26.2 Å². The van der Waals surface area contributed by atoms with Crippen LogP contribution in [-0.2, 0) is 9.59 Å². The molecule has 0 fully saturated rings. The quantitative estimate of drug-likeness (QED) is 0.450. The topological polar surface area (TPSA) is 99.3 Å². The lowest BCUT2D eigenvalue weighted by Crippen LogP contribution is -2.43. The summed E-state index contributed by atoms with van der Waals surface area (Å²) in [5, 5.41) is 10.4. The number of hydrogen-bond donors (Lipinski definition) is 4. The Labute approximate surface area is 107 Å². The molecule has 0 aromatic heterocycles. The summed E-state index contributed by atoms with van der Waals surface area (Å²) in [6.07, 6.45) is 0. The molecule has 0 heterocycles. The van der Waals surface area contributed by atoms with Crippen molar-refractivity contribution < 1.29 is 14.4 Å². The van der Waals surface area contributed by atoms with E-state index in [0.717, 1.165) is 0 Å². The zero-order valence-corrected chi connectivity index (χ0v) is 11.1. The SMILES string of the molecule is CC(=O)NCCNC(=O)NCCNC(=O)C(C)C. The molecule has 0 radical (unpaired) electrons. The van der Waals surface area contributed by atoms with Crippen molar-refractivity contribution in [2.24, 2.45) is 5.92 Å². The van der Waals surface area contributed by atoms with Crippen LogP contribution < -0.4 is 21.3 Å². The van der Waals surface area contributed by atoms with Gasteiger partial charge in [0.25, 0.3) is 0 Å². The maximum absolute atomic E-state index is 11.2. The Morgan fingerprint density at radius 3 is 1.72 bits per heavy atom. The number of carbonyl (C=O) groups is 3. The van der Waals surface area contributed by atoms with Gasteiger partial charge < -0.3 is 21.3 Å². The normalized spacial score (nSPS) is 9.78. The van der Waals surface area contributed by atoms with E-state index in [-0.39, 0.29) is 23.8 Å². The van der Waals surface area contributed by atoms with Crippen LogP contribution in [-0.4, -0.2) is 44.0 Å². The van der Waals surface area contributed by atoms with Gasteiger partial charge in [-0.05, 0) is 0 Å². The lowest BCUT2D eigenvalue weighted by atomic mass is 10.2. The first-order valence-electron chi connectivity index (χ1n) is 5.97. The minimum absolute atomic E-state index is 0.0390. The minimum atomic E-state index is -0.320. The second-order valence-electron chi connectivity index (χ2n) is 4.11. The van der Waals surface area contributed by atoms with Gasteiger partial charge in [-0.1, -0.05) is 13.8 Å². The minimum Gasteiger partial charge on any atom is -0.355 e. The molecule has 7 nitrogen and oxygen atoms in total. The van der Waals surface area contributed by atoms with Gasteiger partial charge in [0.05, 0.1) is 0 Å². The second-order valence-corrected chi connectivity index (χ2v) is 4.11. The molecule has 0 saturated heterocycles. The predicted octanol–water partition coefficient (Wildman–Crippen LogP) is -0.806. The first-order chi connectivity index (χ1) is 8.43. The number of nitrogens with one attached hydrogen (secondary N) is 4. The van der Waals surface area contributed by atoms with Gasteiger partial charge in [-0.2, -0.15) is 0 Å². The van der Waals surface area contributed by atoms with Gasteiger partial charge in [0, 0.05) is 39.0 Å². The third-order valence-corrected chi connectivity index (χ3v) is 2.02. The summed E-state index contributed by atoms with van der Waals surface area (Å²) < 4.78 is 0. The molecule has 0 saturated carbocycles. The predicted molar refractivity (Wildman–Crippen MR) is 67.9 cm³/mol. The van der Waals surface area contributed by atoms with Gasteiger partial charge in [0.15, 0.2) is 0 Å². The molecule has 7 heteroatoms. The van der Waals surface area contributed by atoms with Crippen molar-refractivity contribution in [2.45, 2.75) is 20.8 Å². The van der Waals surface area contributed by atoms with Gasteiger partial charge in [-0.3, -0.25) is 9.59 Å². The fourth-order valence-electron chi connectivity index (χ4n) is 1.04. The van der Waals surface area contributed by atoms with Crippen LogP contribution in [0.5, 0.6) is 0 Å². The van der Waals surface area contributed by atoms with Crippen molar-refractivity contribution >= 4 is 17.8 Å². The maximum atomic E-state index is 11.2. The van der Waals surface area contributed by atoms with Crippen LogP contribution in [0.3, 0.4) is 0 Å². The van der Waals surface area contributed by atoms with Gasteiger partial charge in [0.1, 0.15) is 0 Å². The molecule has 0 atom stereocenters. The average molecular weight is 258 g/mol. The fourth-order valence-corrected chi connectivity index (χ4v) is 1.04. The van der Waals surface area contributed by atoms with Crippen molar-refractivity contribution in [3.05, 3.63) is 0 Å². The first-order valence-corrected chi connectivity index (χ1v) is 5.97. The number of hydrogen-bond acceptors (Lipinski definition) is 3. The summed E-state index contributed by atoms with van der Waals surface area (Å²) in [5.74, 6) is -0.229. The van der Waals surface area contributed by atoms with E-state index < -0.39 is 0 Å². The smallest absolute Gasteiger partial charge is 0.314 e. The average Bonchev–Trinajstić information content (AvgIpc) is 2.29. The van der Waals surface area contributed by atoms with Crippen LogP contribution in [0.1, 0.15) is 20.8 Å². The highest BCUT2D eigenvalue weighted by molar-refractivity contribution is 5.78. The Kier molecular flexibility index (Phi) is 8.34. The summed E-state index contributed by atoms with van der Waals surface area (Å²) in [7, 11) is 0. The zero-order valence-electron chi connectivity index (χ0n) is 11.1. The molecule has 0 aliphatic rings. The largest absolute Gasteiger partial charge is 0.355 e. The molecule has 0 spiro atoms. The van der Waals surface area contributed by atoms with Crippen molar-refractivity contribution in [3.63, 3.8) is 0 Å². The third-order valence-electron chi connectivity index (χ3n) is 2.02. The Hall–Kier alpha value is -1.79. The van der Waals surface area contributed by atoms with E-state index in [2.05, 4.69) is 21.3 Å². The molecule has 0 aromatic rings. The Bertz CT molecular complexity index is 292. The molecule has 104 valence electrons. The van der Waals surface area contributed by atoms with E-state index in [4.69, 9.17) is 0 Å². The van der Waals surface area contributed by atoms with Gasteiger partial charge in [-0.25, -0.2) is 4.79 Å². The second kappa shape index (κ2) is 9.26. The van der Waals surface area contributed by atoms with E-state index in [1.807, 2.05) is 0 Å². The molecule has 4 N–H and O–H groups in total. The number of urea groups is 1. The van der Waals surface area contributed by atoms with Crippen LogP contribution in [0, 0.1) is 5.92 Å². The molecule has 18 heavy (non-hydrogen) atoms. The highest BCUT2D eigenvalue weighted by Gasteiger charge is 2.05. The summed E-state index contributed by atoms with van der Waals surface area (Å²) in [6.45, 7) is 6.55. The zero-order chi connectivity index (χ0) is 14.0. The Morgan fingerprint density at radius 2 is 1.28 bits per heavy atom. The molecule has 0 aliphatic heterocycles. The van der Waals surface area contributed by atoms with E-state index in [1.54, 1.807) is 13.8 Å². The number of rotatable bonds is 7. The lowest BCUT2D eigenvalue weighted by molar-refractivity contribution is -0.124. The highest BCUT2D eigenvalue weighted by atomic mass is 16.2. The van der Waals surface area contributed by atoms with Gasteiger partial charge in [-0.15, -0.1) is 0 Å². The Morgan fingerprint density at radius 1 is 0.833 bits per heavy atom. The standard InChI is InChI=1S/C11H22N4O3/c1-8(2)10(17)13-5-7-15-11(18)14-6-4-12-9(3)16/h8H,4-7H2,1-3H3,(H,12,16)(H,13,17)(H2,14,15,18). The van der Waals surface area contributed by atoms with Crippen LogP contribution in [0.4, 0.5) is 4.79 Å². The van der Waals surface area contributed by atoms with Crippen molar-refractivity contribution in [3.8, 4) is 0 Å². The van der Waals surface area contributed by atoms with E-state index in [1.165, 1.54) is 6.92 Å². The Balaban J connectivity index is 3.43. The molecular formula is C11H22N4O3. The lowest BCUT2D eigenvalue weighted by Gasteiger charge is -2.09. The van der Waals surface area contributed by atoms with Crippen LogP contribution in [0.25, 0.3) is 0 Å². The molecule has 0 bridgehead atoms. The monoisotopic (exact) mass is 258 g/mol. The van der Waals surface area contributed by atoms with Crippen LogP contribution in [0.15, 0.2) is 0 Å².